The molecule has 0 aliphatic rings. The van der Waals surface area contributed by atoms with E-state index in [0.29, 0.717) is 19.8 Å². The van der Waals surface area contributed by atoms with Crippen molar-refractivity contribution in [3.05, 3.63) is 35.4 Å². The van der Waals surface area contributed by atoms with Crippen molar-refractivity contribution in [3.63, 3.8) is 0 Å². The number of ether oxygens (including phenoxy) is 2. The summed E-state index contributed by atoms with van der Waals surface area (Å²) in [5, 5.41) is 0. The second-order valence-electron chi connectivity index (χ2n) is 3.92. The molecule has 0 aliphatic heterocycles. The minimum Gasteiger partial charge on any atom is -0.382 e. The first-order valence-electron chi connectivity index (χ1n) is 6.02. The first-order valence-corrected chi connectivity index (χ1v) is 6.02. The van der Waals surface area contributed by atoms with Gasteiger partial charge < -0.3 is 9.47 Å². The van der Waals surface area contributed by atoms with Gasteiger partial charge in [0.05, 0.1) is 19.8 Å². The smallest absolute Gasteiger partial charge is 0.0720 e. The number of unbranched alkanes of at least 4 members (excludes halogenated alkanes) is 1. The number of rotatable bonds is 8. The minimum atomic E-state index is 0.664. The van der Waals surface area contributed by atoms with Crippen LogP contribution in [0.25, 0.3) is 0 Å². The number of hydrogen-bond acceptors (Lipinski definition) is 2. The zero-order chi connectivity index (χ0) is 11.6. The average molecular weight is 222 g/mol. The molecule has 0 N–H and O–H groups in total. The van der Waals surface area contributed by atoms with E-state index in [1.165, 1.54) is 24.0 Å². The fourth-order valence-electron chi connectivity index (χ4n) is 1.63. The fourth-order valence-corrected chi connectivity index (χ4v) is 1.63. The quantitative estimate of drug-likeness (QED) is 0.629. The molecule has 0 radical (unpaired) electrons. The van der Waals surface area contributed by atoms with Crippen molar-refractivity contribution in [1.82, 2.24) is 0 Å². The van der Waals surface area contributed by atoms with Crippen LogP contribution in [0, 0.1) is 0 Å². The summed E-state index contributed by atoms with van der Waals surface area (Å²) in [6, 6.07) is 8.52. The summed E-state index contributed by atoms with van der Waals surface area (Å²) in [6.45, 7) is 4.25. The molecular weight excluding hydrogens is 200 g/mol. The largest absolute Gasteiger partial charge is 0.382 e. The van der Waals surface area contributed by atoms with Crippen molar-refractivity contribution >= 4 is 0 Å². The highest BCUT2D eigenvalue weighted by molar-refractivity contribution is 5.26. The molecule has 0 spiro atoms. The number of aryl methyl sites for hydroxylation is 1. The lowest BCUT2D eigenvalue weighted by atomic mass is 10.0. The molecule has 0 atom stereocenters. The van der Waals surface area contributed by atoms with Crippen LogP contribution >= 0.6 is 0 Å². The van der Waals surface area contributed by atoms with Gasteiger partial charge in [-0.2, -0.15) is 0 Å². The molecule has 0 aliphatic carbocycles. The second kappa shape index (κ2) is 8.31. The van der Waals surface area contributed by atoms with Gasteiger partial charge in [0.2, 0.25) is 0 Å². The lowest BCUT2D eigenvalue weighted by Gasteiger charge is -2.09. The first-order chi connectivity index (χ1) is 7.88. The van der Waals surface area contributed by atoms with Gasteiger partial charge in [0.25, 0.3) is 0 Å². The number of methoxy groups -OCH3 is 1. The van der Waals surface area contributed by atoms with Gasteiger partial charge in [-0.25, -0.2) is 0 Å². The van der Waals surface area contributed by atoms with Crippen LogP contribution in [0.15, 0.2) is 24.3 Å². The van der Waals surface area contributed by atoms with Crippen LogP contribution in [0.2, 0.25) is 0 Å². The van der Waals surface area contributed by atoms with Crippen LogP contribution in [0.5, 0.6) is 0 Å². The van der Waals surface area contributed by atoms with Crippen molar-refractivity contribution in [2.24, 2.45) is 0 Å². The van der Waals surface area contributed by atoms with Crippen molar-refractivity contribution in [2.75, 3.05) is 20.3 Å². The molecule has 0 unspecified atom stereocenters. The lowest BCUT2D eigenvalue weighted by Crippen LogP contribution is -2.03. The van der Waals surface area contributed by atoms with E-state index in [1.807, 2.05) is 0 Å². The van der Waals surface area contributed by atoms with E-state index in [2.05, 4.69) is 31.2 Å². The van der Waals surface area contributed by atoms with E-state index in [9.17, 15) is 0 Å². The molecule has 0 amide bonds. The van der Waals surface area contributed by atoms with Gasteiger partial charge in [-0.3, -0.25) is 0 Å². The standard InChI is InChI=1S/C14H22O2/c1-3-4-7-13-8-5-6-9-14(13)12-16-11-10-15-2/h5-6,8-9H,3-4,7,10-12H2,1-2H3. The first kappa shape index (κ1) is 13.2. The zero-order valence-corrected chi connectivity index (χ0v) is 10.4. The maximum atomic E-state index is 5.56. The molecule has 1 rings (SSSR count). The van der Waals surface area contributed by atoms with E-state index in [1.54, 1.807) is 7.11 Å². The van der Waals surface area contributed by atoms with Crippen molar-refractivity contribution in [1.29, 1.82) is 0 Å². The van der Waals surface area contributed by atoms with E-state index in [-0.39, 0.29) is 0 Å². The van der Waals surface area contributed by atoms with E-state index in [0.717, 1.165) is 6.42 Å². The third-order valence-electron chi connectivity index (χ3n) is 2.61. The molecule has 2 nitrogen and oxygen atoms in total. The van der Waals surface area contributed by atoms with E-state index in [4.69, 9.17) is 9.47 Å². The summed E-state index contributed by atoms with van der Waals surface area (Å²) >= 11 is 0. The lowest BCUT2D eigenvalue weighted by molar-refractivity contribution is 0.0613. The Morgan fingerprint density at radius 3 is 2.50 bits per heavy atom. The van der Waals surface area contributed by atoms with Crippen molar-refractivity contribution in [3.8, 4) is 0 Å². The third-order valence-corrected chi connectivity index (χ3v) is 2.61. The van der Waals surface area contributed by atoms with Crippen LogP contribution in [0.1, 0.15) is 30.9 Å². The Morgan fingerprint density at radius 2 is 1.81 bits per heavy atom. The second-order valence-corrected chi connectivity index (χ2v) is 3.92. The van der Waals surface area contributed by atoms with Crippen LogP contribution in [0.4, 0.5) is 0 Å². The molecule has 1 aromatic rings. The number of benzene rings is 1. The van der Waals surface area contributed by atoms with E-state index >= 15 is 0 Å². The molecule has 0 saturated carbocycles. The van der Waals surface area contributed by atoms with Gasteiger partial charge in [-0.1, -0.05) is 37.6 Å². The van der Waals surface area contributed by atoms with Crippen LogP contribution in [-0.2, 0) is 22.5 Å². The Balaban J connectivity index is 2.43. The Morgan fingerprint density at radius 1 is 1.06 bits per heavy atom. The highest BCUT2D eigenvalue weighted by atomic mass is 16.5. The summed E-state index contributed by atoms with van der Waals surface area (Å²) in [5.74, 6) is 0. The molecular formula is C14H22O2. The Bertz CT molecular complexity index is 284. The van der Waals surface area contributed by atoms with Crippen LogP contribution in [-0.4, -0.2) is 20.3 Å². The topological polar surface area (TPSA) is 18.5 Å². The highest BCUT2D eigenvalue weighted by Gasteiger charge is 2.01. The predicted molar refractivity (Wildman–Crippen MR) is 66.6 cm³/mol. The summed E-state index contributed by atoms with van der Waals surface area (Å²) in [7, 11) is 1.69. The zero-order valence-electron chi connectivity index (χ0n) is 10.4. The molecule has 0 saturated heterocycles. The SMILES string of the molecule is CCCCc1ccccc1COCCOC. The predicted octanol–water partition coefficient (Wildman–Crippen LogP) is 3.19. The van der Waals surface area contributed by atoms with Gasteiger partial charge >= 0.3 is 0 Å². The molecule has 90 valence electrons. The molecule has 0 aromatic heterocycles. The summed E-state index contributed by atoms with van der Waals surface area (Å²) in [6.07, 6.45) is 3.63. The Hall–Kier alpha value is -0.860. The molecule has 16 heavy (non-hydrogen) atoms. The van der Waals surface area contributed by atoms with Crippen LogP contribution in [0.3, 0.4) is 0 Å². The van der Waals surface area contributed by atoms with Crippen molar-refractivity contribution in [2.45, 2.75) is 32.8 Å². The Kier molecular flexibility index (Phi) is 6.86. The maximum absolute atomic E-state index is 5.56. The fraction of sp³-hybridized carbons (Fsp3) is 0.571. The van der Waals surface area contributed by atoms with Crippen molar-refractivity contribution < 1.29 is 9.47 Å². The maximum Gasteiger partial charge on any atom is 0.0720 e. The third kappa shape index (κ3) is 4.77. The van der Waals surface area contributed by atoms with Gasteiger partial charge in [-0.05, 0) is 24.0 Å². The average Bonchev–Trinajstić information content (AvgIpc) is 2.33. The number of hydrogen-bond donors (Lipinski definition) is 0. The normalized spacial score (nSPS) is 10.6. The van der Waals surface area contributed by atoms with Gasteiger partial charge in [0, 0.05) is 7.11 Å². The van der Waals surface area contributed by atoms with E-state index < -0.39 is 0 Å². The summed E-state index contributed by atoms with van der Waals surface area (Å²) in [4.78, 5) is 0. The molecule has 2 heteroatoms. The molecule has 0 heterocycles. The Labute approximate surface area is 98.6 Å². The molecule has 0 fully saturated rings. The van der Waals surface area contributed by atoms with Gasteiger partial charge in [0.1, 0.15) is 0 Å². The highest BCUT2D eigenvalue weighted by Crippen LogP contribution is 2.13. The molecule has 1 aromatic carbocycles. The summed E-state index contributed by atoms with van der Waals surface area (Å²) < 4.78 is 10.5. The minimum absolute atomic E-state index is 0.664. The van der Waals surface area contributed by atoms with Gasteiger partial charge in [-0.15, -0.1) is 0 Å². The molecule has 0 bridgehead atoms. The summed E-state index contributed by atoms with van der Waals surface area (Å²) in [5.41, 5.74) is 2.73. The monoisotopic (exact) mass is 222 g/mol. The van der Waals surface area contributed by atoms with Gasteiger partial charge in [0.15, 0.2) is 0 Å². The van der Waals surface area contributed by atoms with Crippen LogP contribution < -0.4 is 0 Å².